The summed E-state index contributed by atoms with van der Waals surface area (Å²) in [5, 5.41) is 13.4. The summed E-state index contributed by atoms with van der Waals surface area (Å²) >= 11 is 0. The summed E-state index contributed by atoms with van der Waals surface area (Å²) in [5.41, 5.74) is 2.16. The van der Waals surface area contributed by atoms with Crippen LogP contribution in [0.5, 0.6) is 0 Å². The molecule has 0 atom stereocenters. The number of aliphatic imine (C=N–C) groups is 1. The van der Waals surface area contributed by atoms with Crippen molar-refractivity contribution in [2.24, 2.45) is 10.9 Å². The standard InChI is InChI=1S/C17H26N6.HI/c1-4-18-17(19-9-8-13(2)3)20-11-14-6-5-7-15(10-14)16-21-12-22-23-16;/h5-7,10,12-13H,4,8-9,11H2,1-3H3,(H2,18,19,20)(H,21,22,23);1H. The number of aromatic amines is 1. The summed E-state index contributed by atoms with van der Waals surface area (Å²) in [5.74, 6) is 2.32. The molecule has 0 bridgehead atoms. The summed E-state index contributed by atoms with van der Waals surface area (Å²) in [6.45, 7) is 8.93. The first-order valence-electron chi connectivity index (χ1n) is 8.16. The number of H-pyrrole nitrogens is 1. The second kappa shape index (κ2) is 11.0. The number of guanidine groups is 1. The van der Waals surface area contributed by atoms with Crippen LogP contribution in [0.15, 0.2) is 35.6 Å². The van der Waals surface area contributed by atoms with Crippen molar-refractivity contribution in [1.29, 1.82) is 0 Å². The molecule has 0 aliphatic heterocycles. The molecule has 6 nitrogen and oxygen atoms in total. The van der Waals surface area contributed by atoms with Crippen LogP contribution >= 0.6 is 24.0 Å². The van der Waals surface area contributed by atoms with Crippen LogP contribution in [-0.2, 0) is 6.54 Å². The Labute approximate surface area is 161 Å². The molecule has 1 aromatic heterocycles. The zero-order valence-corrected chi connectivity index (χ0v) is 16.9. The summed E-state index contributed by atoms with van der Waals surface area (Å²) in [6.07, 6.45) is 2.65. The molecule has 132 valence electrons. The van der Waals surface area contributed by atoms with Crippen LogP contribution in [0, 0.1) is 5.92 Å². The quantitative estimate of drug-likeness (QED) is 0.350. The molecule has 0 saturated heterocycles. The molecule has 7 heteroatoms. The predicted molar refractivity (Wildman–Crippen MR) is 110 cm³/mol. The number of benzene rings is 1. The largest absolute Gasteiger partial charge is 0.357 e. The molecule has 0 aliphatic rings. The Hall–Kier alpha value is -1.64. The smallest absolute Gasteiger partial charge is 0.191 e. The summed E-state index contributed by atoms with van der Waals surface area (Å²) in [6, 6.07) is 8.18. The Balaban J connectivity index is 0.00000288. The molecule has 0 radical (unpaired) electrons. The van der Waals surface area contributed by atoms with Crippen molar-refractivity contribution in [1.82, 2.24) is 25.8 Å². The normalized spacial score (nSPS) is 11.2. The molecule has 0 aliphatic carbocycles. The average molecular weight is 442 g/mol. The van der Waals surface area contributed by atoms with Crippen LogP contribution in [0.4, 0.5) is 0 Å². The molecule has 2 rings (SSSR count). The number of hydrogen-bond acceptors (Lipinski definition) is 3. The third kappa shape index (κ3) is 6.86. The van der Waals surface area contributed by atoms with Crippen LogP contribution < -0.4 is 10.6 Å². The molecule has 2 aromatic rings. The Bertz CT molecular complexity index is 609. The Morgan fingerprint density at radius 1 is 1.29 bits per heavy atom. The second-order valence-electron chi connectivity index (χ2n) is 5.84. The van der Waals surface area contributed by atoms with E-state index in [9.17, 15) is 0 Å². The fourth-order valence-electron chi connectivity index (χ4n) is 2.15. The Morgan fingerprint density at radius 3 is 2.79 bits per heavy atom. The zero-order valence-electron chi connectivity index (χ0n) is 14.5. The van der Waals surface area contributed by atoms with Gasteiger partial charge in [0.2, 0.25) is 0 Å². The van der Waals surface area contributed by atoms with Crippen molar-refractivity contribution >= 4 is 29.9 Å². The van der Waals surface area contributed by atoms with Crippen molar-refractivity contribution in [3.05, 3.63) is 36.2 Å². The van der Waals surface area contributed by atoms with E-state index in [-0.39, 0.29) is 24.0 Å². The third-order valence-corrected chi connectivity index (χ3v) is 3.39. The van der Waals surface area contributed by atoms with Gasteiger partial charge in [-0.2, -0.15) is 5.10 Å². The topological polar surface area (TPSA) is 78.0 Å². The molecule has 1 heterocycles. The monoisotopic (exact) mass is 442 g/mol. The molecular formula is C17H27IN6. The summed E-state index contributed by atoms with van der Waals surface area (Å²) < 4.78 is 0. The lowest BCUT2D eigenvalue weighted by Crippen LogP contribution is -2.38. The van der Waals surface area contributed by atoms with Gasteiger partial charge in [0.1, 0.15) is 6.33 Å². The van der Waals surface area contributed by atoms with E-state index in [4.69, 9.17) is 0 Å². The molecule has 0 fully saturated rings. The zero-order chi connectivity index (χ0) is 16.5. The summed E-state index contributed by atoms with van der Waals surface area (Å²) in [4.78, 5) is 8.83. The van der Waals surface area contributed by atoms with E-state index in [2.05, 4.69) is 63.7 Å². The lowest BCUT2D eigenvalue weighted by Gasteiger charge is -2.12. The van der Waals surface area contributed by atoms with Crippen molar-refractivity contribution in [2.75, 3.05) is 13.1 Å². The van der Waals surface area contributed by atoms with E-state index in [1.165, 1.54) is 6.33 Å². The van der Waals surface area contributed by atoms with Gasteiger partial charge in [0, 0.05) is 18.7 Å². The first-order valence-corrected chi connectivity index (χ1v) is 8.16. The first-order chi connectivity index (χ1) is 11.2. The van der Waals surface area contributed by atoms with Gasteiger partial charge < -0.3 is 10.6 Å². The number of nitrogens with one attached hydrogen (secondary N) is 3. The number of halogens is 1. The molecule has 24 heavy (non-hydrogen) atoms. The number of nitrogens with zero attached hydrogens (tertiary/aromatic N) is 3. The minimum atomic E-state index is 0. The van der Waals surface area contributed by atoms with E-state index < -0.39 is 0 Å². The van der Waals surface area contributed by atoms with Crippen molar-refractivity contribution in [2.45, 2.75) is 33.7 Å². The van der Waals surface area contributed by atoms with Gasteiger partial charge in [-0.15, -0.1) is 24.0 Å². The van der Waals surface area contributed by atoms with Gasteiger partial charge >= 0.3 is 0 Å². The van der Waals surface area contributed by atoms with Gasteiger partial charge in [-0.3, -0.25) is 5.10 Å². The highest BCUT2D eigenvalue weighted by molar-refractivity contribution is 14.0. The third-order valence-electron chi connectivity index (χ3n) is 3.39. The van der Waals surface area contributed by atoms with E-state index in [0.717, 1.165) is 42.4 Å². The fraction of sp³-hybridized carbons (Fsp3) is 0.471. The minimum Gasteiger partial charge on any atom is -0.357 e. The predicted octanol–water partition coefficient (Wildman–Crippen LogP) is 3.19. The van der Waals surface area contributed by atoms with Crippen LogP contribution in [-0.4, -0.2) is 34.2 Å². The molecule has 1 aromatic carbocycles. The maximum atomic E-state index is 4.65. The highest BCUT2D eigenvalue weighted by Gasteiger charge is 2.03. The molecular weight excluding hydrogens is 415 g/mol. The molecule has 0 saturated carbocycles. The van der Waals surface area contributed by atoms with Gasteiger partial charge in [-0.05, 0) is 30.9 Å². The van der Waals surface area contributed by atoms with Gasteiger partial charge in [0.25, 0.3) is 0 Å². The molecule has 0 spiro atoms. The Kier molecular flexibility index (Phi) is 9.36. The number of hydrogen-bond donors (Lipinski definition) is 3. The Morgan fingerprint density at radius 2 is 2.12 bits per heavy atom. The molecule has 0 amide bonds. The molecule has 3 N–H and O–H groups in total. The van der Waals surface area contributed by atoms with Crippen LogP contribution in [0.2, 0.25) is 0 Å². The lowest BCUT2D eigenvalue weighted by atomic mass is 10.1. The van der Waals surface area contributed by atoms with E-state index in [1.54, 1.807) is 0 Å². The summed E-state index contributed by atoms with van der Waals surface area (Å²) in [7, 11) is 0. The van der Waals surface area contributed by atoms with Crippen molar-refractivity contribution < 1.29 is 0 Å². The highest BCUT2D eigenvalue weighted by atomic mass is 127. The van der Waals surface area contributed by atoms with Crippen molar-refractivity contribution in [3.63, 3.8) is 0 Å². The van der Waals surface area contributed by atoms with Crippen molar-refractivity contribution in [3.8, 4) is 11.4 Å². The number of aromatic nitrogens is 3. The van der Waals surface area contributed by atoms with E-state index in [1.807, 2.05) is 12.1 Å². The minimum absolute atomic E-state index is 0. The van der Waals surface area contributed by atoms with Gasteiger partial charge in [0.15, 0.2) is 11.8 Å². The number of rotatable bonds is 7. The van der Waals surface area contributed by atoms with E-state index >= 15 is 0 Å². The highest BCUT2D eigenvalue weighted by Crippen LogP contribution is 2.15. The maximum absolute atomic E-state index is 4.65. The second-order valence-corrected chi connectivity index (χ2v) is 5.84. The molecule has 0 unspecified atom stereocenters. The van der Waals surface area contributed by atoms with Crippen LogP contribution in [0.3, 0.4) is 0 Å². The SMILES string of the molecule is CCNC(=NCc1cccc(-c2ncn[nH]2)c1)NCCC(C)C.I. The van der Waals surface area contributed by atoms with Crippen LogP contribution in [0.25, 0.3) is 11.4 Å². The van der Waals surface area contributed by atoms with Crippen LogP contribution in [0.1, 0.15) is 32.8 Å². The van der Waals surface area contributed by atoms with Gasteiger partial charge in [-0.1, -0.05) is 32.0 Å². The van der Waals surface area contributed by atoms with Gasteiger partial charge in [-0.25, -0.2) is 9.98 Å². The average Bonchev–Trinajstić information content (AvgIpc) is 3.07. The van der Waals surface area contributed by atoms with E-state index in [0.29, 0.717) is 12.5 Å². The van der Waals surface area contributed by atoms with Gasteiger partial charge in [0.05, 0.1) is 6.54 Å². The first kappa shape index (κ1) is 20.4. The maximum Gasteiger partial charge on any atom is 0.191 e. The lowest BCUT2D eigenvalue weighted by molar-refractivity contribution is 0.573. The fourth-order valence-corrected chi connectivity index (χ4v) is 2.15.